The molecule has 3 rings (SSSR count). The van der Waals surface area contributed by atoms with Crippen molar-refractivity contribution in [2.24, 2.45) is 5.84 Å². The highest BCUT2D eigenvalue weighted by molar-refractivity contribution is 5.82. The molecule has 4 nitrogen and oxygen atoms in total. The molecule has 0 saturated carbocycles. The number of fused-ring (bicyclic) bond motifs is 1. The first-order valence-corrected chi connectivity index (χ1v) is 6.15. The van der Waals surface area contributed by atoms with Crippen molar-refractivity contribution in [2.45, 2.75) is 13.0 Å². The number of para-hydroxylation sites is 1. The number of benzene rings is 1. The van der Waals surface area contributed by atoms with Gasteiger partial charge in [-0.15, -0.1) is 0 Å². The highest BCUT2D eigenvalue weighted by atomic mass is 16.3. The van der Waals surface area contributed by atoms with Crippen LogP contribution in [0.4, 0.5) is 0 Å². The first-order valence-electron chi connectivity index (χ1n) is 6.15. The molecule has 3 aromatic rings. The van der Waals surface area contributed by atoms with Crippen molar-refractivity contribution in [3.05, 3.63) is 65.7 Å². The molecule has 0 amide bonds. The van der Waals surface area contributed by atoms with E-state index in [1.54, 1.807) is 6.26 Å². The van der Waals surface area contributed by atoms with Gasteiger partial charge in [0.25, 0.3) is 0 Å². The number of hydrogen-bond donors (Lipinski definition) is 2. The van der Waals surface area contributed by atoms with Crippen LogP contribution in [-0.4, -0.2) is 4.98 Å². The molecule has 0 aliphatic heterocycles. The Morgan fingerprint density at radius 2 is 2.05 bits per heavy atom. The minimum absolute atomic E-state index is 0.238. The van der Waals surface area contributed by atoms with Gasteiger partial charge in [-0.05, 0) is 36.8 Å². The highest BCUT2D eigenvalue weighted by Crippen LogP contribution is 2.24. The quantitative estimate of drug-likeness (QED) is 0.556. The zero-order valence-electron chi connectivity index (χ0n) is 10.6. The van der Waals surface area contributed by atoms with E-state index in [0.717, 1.165) is 22.4 Å². The van der Waals surface area contributed by atoms with Gasteiger partial charge in [-0.1, -0.05) is 18.2 Å². The van der Waals surface area contributed by atoms with Gasteiger partial charge in [0.1, 0.15) is 11.8 Å². The van der Waals surface area contributed by atoms with E-state index in [9.17, 15) is 0 Å². The van der Waals surface area contributed by atoms with Gasteiger partial charge >= 0.3 is 0 Å². The van der Waals surface area contributed by atoms with Crippen LogP contribution in [0.5, 0.6) is 0 Å². The Balaban J connectivity index is 2.14. The molecule has 0 spiro atoms. The summed E-state index contributed by atoms with van der Waals surface area (Å²) < 4.78 is 5.41. The van der Waals surface area contributed by atoms with E-state index in [-0.39, 0.29) is 6.04 Å². The molecule has 0 radical (unpaired) electrons. The van der Waals surface area contributed by atoms with E-state index in [0.29, 0.717) is 0 Å². The molecule has 1 unspecified atom stereocenters. The number of aryl methyl sites for hydroxylation is 1. The summed E-state index contributed by atoms with van der Waals surface area (Å²) in [5.74, 6) is 6.39. The SMILES string of the molecule is Cc1cc(C(NN)c2ccco2)nc2ccccc12. The largest absolute Gasteiger partial charge is 0.467 e. The van der Waals surface area contributed by atoms with E-state index < -0.39 is 0 Å². The Bertz CT molecular complexity index is 692. The Hall–Kier alpha value is -2.17. The lowest BCUT2D eigenvalue weighted by Gasteiger charge is -2.14. The van der Waals surface area contributed by atoms with Crippen molar-refractivity contribution in [3.8, 4) is 0 Å². The van der Waals surface area contributed by atoms with Crippen LogP contribution >= 0.6 is 0 Å². The number of nitrogens with zero attached hydrogens (tertiary/aromatic N) is 1. The van der Waals surface area contributed by atoms with Gasteiger partial charge in [0, 0.05) is 5.39 Å². The summed E-state index contributed by atoms with van der Waals surface area (Å²) in [4.78, 5) is 4.66. The maximum atomic E-state index is 5.64. The second-order valence-electron chi connectivity index (χ2n) is 4.50. The van der Waals surface area contributed by atoms with Crippen LogP contribution in [-0.2, 0) is 0 Å². The van der Waals surface area contributed by atoms with Gasteiger partial charge in [0.05, 0.1) is 17.5 Å². The Morgan fingerprint density at radius 3 is 2.79 bits per heavy atom. The van der Waals surface area contributed by atoms with Crippen LogP contribution in [0.2, 0.25) is 0 Å². The maximum absolute atomic E-state index is 5.64. The minimum Gasteiger partial charge on any atom is -0.467 e. The third-order valence-corrected chi connectivity index (χ3v) is 3.23. The number of pyridine rings is 1. The van der Waals surface area contributed by atoms with Gasteiger partial charge in [0.2, 0.25) is 0 Å². The summed E-state index contributed by atoms with van der Waals surface area (Å²) in [6.07, 6.45) is 1.63. The molecule has 2 heterocycles. The number of nitrogens with two attached hydrogens (primary N) is 1. The molecule has 1 atom stereocenters. The van der Waals surface area contributed by atoms with Gasteiger partial charge in [0.15, 0.2) is 0 Å². The van der Waals surface area contributed by atoms with Crippen LogP contribution in [0, 0.1) is 6.92 Å². The summed E-state index contributed by atoms with van der Waals surface area (Å²) in [6, 6.07) is 13.6. The standard InChI is InChI=1S/C15H15N3O/c1-10-9-13(15(18-16)14-7-4-8-19-14)17-12-6-3-2-5-11(10)12/h2-9,15,18H,16H2,1H3. The fraction of sp³-hybridized carbons (Fsp3) is 0.133. The smallest absolute Gasteiger partial charge is 0.128 e. The van der Waals surface area contributed by atoms with Gasteiger partial charge in [-0.3, -0.25) is 10.8 Å². The van der Waals surface area contributed by atoms with E-state index in [4.69, 9.17) is 10.3 Å². The Labute approximate surface area is 111 Å². The first-order chi connectivity index (χ1) is 9.29. The molecule has 19 heavy (non-hydrogen) atoms. The van der Waals surface area contributed by atoms with Gasteiger partial charge < -0.3 is 4.42 Å². The first kappa shape index (κ1) is 11.9. The van der Waals surface area contributed by atoms with E-state index in [1.807, 2.05) is 36.4 Å². The monoisotopic (exact) mass is 253 g/mol. The third-order valence-electron chi connectivity index (χ3n) is 3.23. The van der Waals surface area contributed by atoms with E-state index in [1.165, 1.54) is 5.56 Å². The average molecular weight is 253 g/mol. The molecule has 96 valence electrons. The number of nitrogens with one attached hydrogen (secondary N) is 1. The van der Waals surface area contributed by atoms with Crippen molar-refractivity contribution in [1.29, 1.82) is 0 Å². The molecular formula is C15H15N3O. The van der Waals surface area contributed by atoms with Crippen molar-refractivity contribution < 1.29 is 4.42 Å². The van der Waals surface area contributed by atoms with E-state index in [2.05, 4.69) is 23.4 Å². The van der Waals surface area contributed by atoms with Crippen LogP contribution in [0.3, 0.4) is 0 Å². The van der Waals surface area contributed by atoms with Crippen molar-refractivity contribution >= 4 is 10.9 Å². The van der Waals surface area contributed by atoms with Crippen molar-refractivity contribution in [1.82, 2.24) is 10.4 Å². The van der Waals surface area contributed by atoms with Crippen LogP contribution in [0.25, 0.3) is 10.9 Å². The summed E-state index contributed by atoms with van der Waals surface area (Å²) in [5.41, 5.74) is 5.75. The molecule has 0 aliphatic rings. The number of furan rings is 1. The summed E-state index contributed by atoms with van der Waals surface area (Å²) in [6.45, 7) is 2.07. The lowest BCUT2D eigenvalue weighted by atomic mass is 10.0. The maximum Gasteiger partial charge on any atom is 0.128 e. The average Bonchev–Trinajstić information content (AvgIpc) is 2.94. The lowest BCUT2D eigenvalue weighted by Crippen LogP contribution is -2.29. The van der Waals surface area contributed by atoms with Crippen LogP contribution in [0.15, 0.2) is 53.1 Å². The van der Waals surface area contributed by atoms with Gasteiger partial charge in [-0.2, -0.15) is 0 Å². The third kappa shape index (κ3) is 2.12. The number of aromatic nitrogens is 1. The summed E-state index contributed by atoms with van der Waals surface area (Å²) in [5, 5.41) is 1.15. The summed E-state index contributed by atoms with van der Waals surface area (Å²) in [7, 11) is 0. The fourth-order valence-electron chi connectivity index (χ4n) is 2.29. The molecule has 0 bridgehead atoms. The number of rotatable bonds is 3. The molecule has 0 aliphatic carbocycles. The lowest BCUT2D eigenvalue weighted by molar-refractivity contribution is 0.448. The molecule has 2 aromatic heterocycles. The second-order valence-corrected chi connectivity index (χ2v) is 4.50. The second kappa shape index (κ2) is 4.84. The zero-order chi connectivity index (χ0) is 13.2. The molecule has 0 saturated heterocycles. The number of hydrogen-bond acceptors (Lipinski definition) is 4. The Morgan fingerprint density at radius 1 is 1.21 bits per heavy atom. The topological polar surface area (TPSA) is 64.1 Å². The molecule has 0 fully saturated rings. The predicted molar refractivity (Wildman–Crippen MR) is 74.4 cm³/mol. The molecule has 3 N–H and O–H groups in total. The van der Waals surface area contributed by atoms with E-state index >= 15 is 0 Å². The molecule has 4 heteroatoms. The fourth-order valence-corrected chi connectivity index (χ4v) is 2.29. The molecule has 1 aromatic carbocycles. The van der Waals surface area contributed by atoms with Gasteiger partial charge in [-0.25, -0.2) is 5.43 Å². The Kier molecular flexibility index (Phi) is 3.03. The van der Waals surface area contributed by atoms with Crippen molar-refractivity contribution in [2.75, 3.05) is 0 Å². The predicted octanol–water partition coefficient (Wildman–Crippen LogP) is 2.69. The number of hydrazine groups is 1. The normalized spacial score (nSPS) is 12.7. The van der Waals surface area contributed by atoms with Crippen LogP contribution < -0.4 is 11.3 Å². The van der Waals surface area contributed by atoms with Crippen molar-refractivity contribution in [3.63, 3.8) is 0 Å². The summed E-state index contributed by atoms with van der Waals surface area (Å²) >= 11 is 0. The highest BCUT2D eigenvalue weighted by Gasteiger charge is 2.17. The minimum atomic E-state index is -0.238. The van der Waals surface area contributed by atoms with Crippen LogP contribution in [0.1, 0.15) is 23.1 Å². The zero-order valence-corrected chi connectivity index (χ0v) is 10.6. The molecular weight excluding hydrogens is 238 g/mol.